The van der Waals surface area contributed by atoms with Gasteiger partial charge in [-0.05, 0) is 20.8 Å². The van der Waals surface area contributed by atoms with E-state index in [1.807, 2.05) is 6.92 Å². The molecule has 43 heavy (non-hydrogen) atoms. The van der Waals surface area contributed by atoms with Crippen LogP contribution >= 0.6 is 0 Å². The lowest BCUT2D eigenvalue weighted by Crippen LogP contribution is -2.39. The monoisotopic (exact) mass is 642 g/mol. The van der Waals surface area contributed by atoms with Crippen molar-refractivity contribution in [2.75, 3.05) is 19.8 Å². The third-order valence-electron chi connectivity index (χ3n) is 3.91. The summed E-state index contributed by atoms with van der Waals surface area (Å²) in [7, 11) is 0. The second-order valence-corrected chi connectivity index (χ2v) is 8.02. The minimum Gasteiger partial charge on any atom is -0.479 e. The first-order chi connectivity index (χ1) is 19.5. The van der Waals surface area contributed by atoms with Crippen molar-refractivity contribution in [2.45, 2.75) is 75.7 Å². The third-order valence-corrected chi connectivity index (χ3v) is 3.91. The molecule has 0 saturated carbocycles. The lowest BCUT2D eigenvalue weighted by molar-refractivity contribution is -0.165. The summed E-state index contributed by atoms with van der Waals surface area (Å²) in [6.07, 6.45) is -14.3. The largest absolute Gasteiger partial charge is 0.479 e. The Morgan fingerprint density at radius 3 is 0.814 bits per heavy atom. The van der Waals surface area contributed by atoms with Crippen molar-refractivity contribution in [3.05, 3.63) is 0 Å². The number of carboxylic acid groups (broad SMARTS) is 6. The smallest absolute Gasteiger partial charge is 0.335 e. The van der Waals surface area contributed by atoms with Crippen molar-refractivity contribution in [3.8, 4) is 0 Å². The Morgan fingerprint density at radius 1 is 0.442 bits per heavy atom. The van der Waals surface area contributed by atoms with Crippen LogP contribution < -0.4 is 0 Å². The van der Waals surface area contributed by atoms with E-state index >= 15 is 0 Å². The number of hydrogen-bond acceptors (Lipinski definition) is 16. The van der Waals surface area contributed by atoms with E-state index in [9.17, 15) is 28.8 Å². The van der Waals surface area contributed by atoms with Gasteiger partial charge in [-0.2, -0.15) is 0 Å². The van der Waals surface area contributed by atoms with Gasteiger partial charge in [-0.25, -0.2) is 28.8 Å². The zero-order chi connectivity index (χ0) is 35.2. The SMILES string of the molecule is CC(O)COC(C)COC(C)CO.O=C(O)C(O)C(O)C(=O)O.O=C(O)C(O)C(O)C(=O)O.O=C(O)C(O)C(O)C(=O)O. The van der Waals surface area contributed by atoms with E-state index in [0.717, 1.165) is 0 Å². The molecule has 0 saturated heterocycles. The van der Waals surface area contributed by atoms with Gasteiger partial charge in [0.2, 0.25) is 0 Å². The number of rotatable bonds is 16. The summed E-state index contributed by atoms with van der Waals surface area (Å²) in [5.74, 6) is -10.6. The lowest BCUT2D eigenvalue weighted by Gasteiger charge is -2.16. The van der Waals surface area contributed by atoms with Crippen LogP contribution in [0.3, 0.4) is 0 Å². The van der Waals surface area contributed by atoms with Gasteiger partial charge in [0.25, 0.3) is 0 Å². The Morgan fingerprint density at radius 2 is 0.651 bits per heavy atom. The molecule has 0 aromatic rings. The first-order valence-corrected chi connectivity index (χ1v) is 11.4. The van der Waals surface area contributed by atoms with Crippen LogP contribution in [0.1, 0.15) is 20.8 Å². The van der Waals surface area contributed by atoms with Crippen molar-refractivity contribution in [3.63, 3.8) is 0 Å². The summed E-state index contributed by atoms with van der Waals surface area (Å²) in [6.45, 7) is 6.10. The fourth-order valence-electron chi connectivity index (χ4n) is 1.51. The van der Waals surface area contributed by atoms with Crippen molar-refractivity contribution >= 4 is 35.8 Å². The van der Waals surface area contributed by atoms with Gasteiger partial charge in [-0.15, -0.1) is 0 Å². The van der Waals surface area contributed by atoms with E-state index in [-0.39, 0.29) is 18.8 Å². The first-order valence-electron chi connectivity index (χ1n) is 11.4. The van der Waals surface area contributed by atoms with Gasteiger partial charge in [-0.3, -0.25) is 0 Å². The van der Waals surface area contributed by atoms with Gasteiger partial charge < -0.3 is 81.0 Å². The zero-order valence-corrected chi connectivity index (χ0v) is 22.8. The van der Waals surface area contributed by atoms with Gasteiger partial charge in [0.15, 0.2) is 36.6 Å². The van der Waals surface area contributed by atoms with Gasteiger partial charge in [-0.1, -0.05) is 0 Å². The van der Waals surface area contributed by atoms with Crippen LogP contribution in [0.25, 0.3) is 0 Å². The van der Waals surface area contributed by atoms with E-state index in [1.54, 1.807) is 13.8 Å². The minimum atomic E-state index is -2.27. The fourth-order valence-corrected chi connectivity index (χ4v) is 1.51. The maximum atomic E-state index is 9.77. The zero-order valence-electron chi connectivity index (χ0n) is 22.8. The van der Waals surface area contributed by atoms with E-state index in [2.05, 4.69) is 0 Å². The van der Waals surface area contributed by atoms with E-state index in [0.29, 0.717) is 13.2 Å². The predicted molar refractivity (Wildman–Crippen MR) is 131 cm³/mol. The van der Waals surface area contributed by atoms with Crippen molar-refractivity contribution in [1.29, 1.82) is 0 Å². The van der Waals surface area contributed by atoms with Gasteiger partial charge in [0.1, 0.15) is 0 Å². The van der Waals surface area contributed by atoms with Gasteiger partial charge in [0.05, 0.1) is 38.1 Å². The number of hydrogen-bond donors (Lipinski definition) is 14. The Balaban J connectivity index is -0.000000238. The molecule has 0 aliphatic rings. The number of carbonyl (C=O) groups is 6. The van der Waals surface area contributed by atoms with Gasteiger partial charge in [0, 0.05) is 0 Å². The van der Waals surface area contributed by atoms with Crippen LogP contribution in [0.5, 0.6) is 0 Å². The summed E-state index contributed by atoms with van der Waals surface area (Å²) < 4.78 is 10.5. The summed E-state index contributed by atoms with van der Waals surface area (Å²) in [5, 5.41) is 115. The molecule has 22 nitrogen and oxygen atoms in total. The molecular formula is C21H38O22. The predicted octanol–water partition coefficient (Wildman–Crippen LogP) is -6.20. The average molecular weight is 643 g/mol. The van der Waals surface area contributed by atoms with E-state index in [4.69, 9.17) is 81.0 Å². The van der Waals surface area contributed by atoms with Crippen molar-refractivity contribution in [1.82, 2.24) is 0 Å². The molecule has 0 radical (unpaired) electrons. The van der Waals surface area contributed by atoms with Crippen LogP contribution in [-0.2, 0) is 38.2 Å². The number of ether oxygens (including phenoxy) is 2. The number of aliphatic carboxylic acids is 6. The molecule has 0 amide bonds. The number of aliphatic hydroxyl groups excluding tert-OH is 8. The van der Waals surface area contributed by atoms with Crippen molar-refractivity contribution < 1.29 is 110 Å². The normalized spacial score (nSPS) is 16.5. The maximum Gasteiger partial charge on any atom is 0.335 e. The Labute approximate surface area is 241 Å². The number of carboxylic acids is 6. The molecule has 0 aliphatic heterocycles. The van der Waals surface area contributed by atoms with Crippen LogP contribution in [-0.4, -0.2) is 182 Å². The Hall–Kier alpha value is -3.58. The van der Waals surface area contributed by atoms with Crippen molar-refractivity contribution in [2.24, 2.45) is 0 Å². The average Bonchev–Trinajstić information content (AvgIpc) is 2.92. The fraction of sp³-hybridized carbons (Fsp3) is 0.714. The molecule has 22 heteroatoms. The quantitative estimate of drug-likeness (QED) is 0.0744. The molecule has 0 heterocycles. The van der Waals surface area contributed by atoms with Gasteiger partial charge >= 0.3 is 35.8 Å². The Bertz CT molecular complexity index is 705. The summed E-state index contributed by atoms with van der Waals surface area (Å²) in [6, 6.07) is 0. The van der Waals surface area contributed by atoms with E-state index in [1.165, 1.54) is 0 Å². The molecule has 14 N–H and O–H groups in total. The van der Waals surface area contributed by atoms with Crippen LogP contribution in [0, 0.1) is 0 Å². The summed E-state index contributed by atoms with van der Waals surface area (Å²) in [4.78, 5) is 58.6. The standard InChI is InChI=1S/C9H20O4.3C4H6O6/c1-7(11)5-12-9(3)6-13-8(2)4-10;3*5-1(3(7)8)2(6)4(9)10/h7-11H,4-6H2,1-3H3;3*1-2,5-6H,(H,7,8)(H,9,10). The van der Waals surface area contributed by atoms with Crippen LogP contribution in [0.2, 0.25) is 0 Å². The van der Waals surface area contributed by atoms with Crippen LogP contribution in [0.15, 0.2) is 0 Å². The molecular weight excluding hydrogens is 604 g/mol. The highest BCUT2D eigenvalue weighted by Crippen LogP contribution is 1.97. The minimum absolute atomic E-state index is 0.0170. The second kappa shape index (κ2) is 25.0. The van der Waals surface area contributed by atoms with Crippen LogP contribution in [0.4, 0.5) is 0 Å². The Kier molecular flexibility index (Phi) is 26.9. The highest BCUT2D eigenvalue weighted by molar-refractivity contribution is 5.84. The maximum absolute atomic E-state index is 9.77. The molecule has 254 valence electrons. The molecule has 9 unspecified atom stereocenters. The lowest BCUT2D eigenvalue weighted by atomic mass is 10.2. The molecule has 0 rings (SSSR count). The molecule has 0 fully saturated rings. The molecule has 0 aromatic heterocycles. The molecule has 0 aliphatic carbocycles. The molecule has 0 aromatic carbocycles. The molecule has 0 spiro atoms. The highest BCUT2D eigenvalue weighted by atomic mass is 16.5. The third kappa shape index (κ3) is 25.8. The molecule has 9 atom stereocenters. The first kappa shape index (κ1) is 46.4. The second-order valence-electron chi connectivity index (χ2n) is 8.02. The topological polar surface area (TPSA) is 404 Å². The highest BCUT2D eigenvalue weighted by Gasteiger charge is 2.30. The summed E-state index contributed by atoms with van der Waals surface area (Å²) in [5.41, 5.74) is 0. The number of aliphatic hydroxyl groups is 8. The molecule has 0 bridgehead atoms. The van der Waals surface area contributed by atoms with E-state index < -0.39 is 78.5 Å². The summed E-state index contributed by atoms with van der Waals surface area (Å²) >= 11 is 0.